The Balaban J connectivity index is 1.90. The van der Waals surface area contributed by atoms with Gasteiger partial charge in [-0.1, -0.05) is 56.3 Å². The second kappa shape index (κ2) is 15.7. The number of fused-ring (bicyclic) bond motifs is 18. The van der Waals surface area contributed by atoms with Crippen molar-refractivity contribution >= 4 is 29.5 Å². The van der Waals surface area contributed by atoms with E-state index in [-0.39, 0.29) is 24.2 Å². The molecule has 10 nitrogen and oxygen atoms in total. The molecule has 0 aromatic heterocycles. The van der Waals surface area contributed by atoms with Crippen molar-refractivity contribution in [3.8, 4) is 0 Å². The zero-order chi connectivity index (χ0) is 30.6. The molecule has 4 N–H and O–H groups in total. The van der Waals surface area contributed by atoms with Gasteiger partial charge in [-0.05, 0) is 55.4 Å². The molecule has 2 aliphatic heterocycles. The summed E-state index contributed by atoms with van der Waals surface area (Å²) in [6, 6.07) is 13.6. The van der Waals surface area contributed by atoms with Crippen LogP contribution in [-0.4, -0.2) is 65.7 Å². The molecule has 10 heteroatoms. The molecule has 2 aromatic carbocycles. The first kappa shape index (κ1) is 32.3. The summed E-state index contributed by atoms with van der Waals surface area (Å²) in [5, 5.41) is 11.2. The van der Waals surface area contributed by atoms with Gasteiger partial charge >= 0.3 is 0 Å². The highest BCUT2D eigenvalue weighted by molar-refractivity contribution is 5.99. The molecule has 0 aliphatic carbocycles. The standard InChI is InChI=1S/C32H43N5O5/c1-21(2)18-27-31(41)34-22(3)29(39)33-16-8-9-17-37(23(4)38)20-25-12-14-26(15-13-25)30(40)35-28(32(42)36-27)19-24-10-6-5-7-11-24/h5-7,10-15,21-22,27-28H,8-9,16-20H2,1-4H3,(H,33,39)(H,34,41)(H,35,40)(H,36,42)/t22-,27+,28-/m1/s1. The molecule has 0 unspecified atom stereocenters. The summed E-state index contributed by atoms with van der Waals surface area (Å²) >= 11 is 0. The number of benzene rings is 2. The van der Waals surface area contributed by atoms with Crippen molar-refractivity contribution in [1.29, 1.82) is 0 Å². The predicted octanol–water partition coefficient (Wildman–Crippen LogP) is 2.32. The molecule has 2 aliphatic rings. The van der Waals surface area contributed by atoms with E-state index in [2.05, 4.69) is 21.3 Å². The Labute approximate surface area is 248 Å². The maximum Gasteiger partial charge on any atom is 0.251 e. The van der Waals surface area contributed by atoms with Crippen molar-refractivity contribution in [1.82, 2.24) is 26.2 Å². The second-order valence-electron chi connectivity index (χ2n) is 11.3. The van der Waals surface area contributed by atoms with Crippen molar-refractivity contribution in [2.75, 3.05) is 13.1 Å². The van der Waals surface area contributed by atoms with Crippen molar-refractivity contribution in [2.45, 2.75) is 78.0 Å². The molecule has 3 atom stereocenters. The van der Waals surface area contributed by atoms with Crippen LogP contribution < -0.4 is 21.3 Å². The summed E-state index contributed by atoms with van der Waals surface area (Å²) in [6.07, 6.45) is 1.92. The van der Waals surface area contributed by atoms with Gasteiger partial charge < -0.3 is 26.2 Å². The smallest absolute Gasteiger partial charge is 0.251 e. The summed E-state index contributed by atoms with van der Waals surface area (Å²) in [5.74, 6) is -1.72. The van der Waals surface area contributed by atoms with Gasteiger partial charge in [0.05, 0.1) is 0 Å². The third-order valence-corrected chi connectivity index (χ3v) is 7.19. The average Bonchev–Trinajstić information content (AvgIpc) is 2.95. The van der Waals surface area contributed by atoms with Gasteiger partial charge in [0.25, 0.3) is 5.91 Å². The first-order valence-corrected chi connectivity index (χ1v) is 14.6. The number of amides is 5. The third-order valence-electron chi connectivity index (χ3n) is 7.19. The number of nitrogens with one attached hydrogen (secondary N) is 4. The number of rotatable bonds is 4. The van der Waals surface area contributed by atoms with Gasteiger partial charge in [0, 0.05) is 38.5 Å². The molecule has 2 bridgehead atoms. The van der Waals surface area contributed by atoms with E-state index in [0.717, 1.165) is 11.1 Å². The van der Waals surface area contributed by atoms with Crippen LogP contribution in [0.15, 0.2) is 54.6 Å². The average molecular weight is 578 g/mol. The van der Waals surface area contributed by atoms with Crippen molar-refractivity contribution < 1.29 is 24.0 Å². The molecule has 226 valence electrons. The van der Waals surface area contributed by atoms with E-state index in [9.17, 15) is 24.0 Å². The maximum atomic E-state index is 13.6. The lowest BCUT2D eigenvalue weighted by Gasteiger charge is -2.25. The SMILES string of the molecule is CC(=O)N1CCCCNC(=O)[C@@H](C)NC(=O)[C@H](CC(C)C)NC(=O)[C@@H](Cc2ccccc2)NC(=O)c2ccc(cc2)C1. The summed E-state index contributed by atoms with van der Waals surface area (Å²) in [5.41, 5.74) is 2.09. The van der Waals surface area contributed by atoms with Gasteiger partial charge in [-0.2, -0.15) is 0 Å². The molecule has 2 heterocycles. The zero-order valence-corrected chi connectivity index (χ0v) is 24.9. The largest absolute Gasteiger partial charge is 0.354 e. The molecule has 42 heavy (non-hydrogen) atoms. The summed E-state index contributed by atoms with van der Waals surface area (Å²) in [4.78, 5) is 66.7. The lowest BCUT2D eigenvalue weighted by molar-refractivity contribution is -0.132. The number of nitrogens with zero attached hydrogens (tertiary/aromatic N) is 1. The molecule has 4 rings (SSSR count). The van der Waals surface area contributed by atoms with Crippen LogP contribution in [0, 0.1) is 5.92 Å². The molecule has 0 saturated carbocycles. The number of carbonyl (C=O) groups excluding carboxylic acids is 5. The number of hydrogen-bond donors (Lipinski definition) is 4. The lowest BCUT2D eigenvalue weighted by Crippen LogP contribution is -2.57. The first-order chi connectivity index (χ1) is 20.0. The highest BCUT2D eigenvalue weighted by atomic mass is 16.2. The minimum Gasteiger partial charge on any atom is -0.354 e. The molecule has 0 fully saturated rings. The molecule has 5 amide bonds. The minimum absolute atomic E-state index is 0.0682. The van der Waals surface area contributed by atoms with Crippen molar-refractivity contribution in [3.05, 3.63) is 71.3 Å². The Morgan fingerprint density at radius 3 is 2.17 bits per heavy atom. The fraction of sp³-hybridized carbons (Fsp3) is 0.469. The van der Waals surface area contributed by atoms with E-state index in [1.807, 2.05) is 44.2 Å². The van der Waals surface area contributed by atoms with Gasteiger partial charge in [0.1, 0.15) is 18.1 Å². The highest BCUT2D eigenvalue weighted by Crippen LogP contribution is 2.12. The van der Waals surface area contributed by atoms with Gasteiger partial charge in [-0.25, -0.2) is 0 Å². The summed E-state index contributed by atoms with van der Waals surface area (Å²) in [7, 11) is 0. The van der Waals surface area contributed by atoms with E-state index in [4.69, 9.17) is 0 Å². The van der Waals surface area contributed by atoms with Crippen LogP contribution in [0.5, 0.6) is 0 Å². The molecule has 2 aromatic rings. The summed E-state index contributed by atoms with van der Waals surface area (Å²) in [6.45, 7) is 8.30. The van der Waals surface area contributed by atoms with Crippen LogP contribution in [0.1, 0.15) is 68.4 Å². The Hall–Kier alpha value is -4.21. The van der Waals surface area contributed by atoms with Crippen LogP contribution >= 0.6 is 0 Å². The normalized spacial score (nSPS) is 21.5. The first-order valence-electron chi connectivity index (χ1n) is 14.6. The summed E-state index contributed by atoms with van der Waals surface area (Å²) < 4.78 is 0. The minimum atomic E-state index is -0.954. The number of carbonyl (C=O) groups is 5. The second-order valence-corrected chi connectivity index (χ2v) is 11.3. The fourth-order valence-corrected chi connectivity index (χ4v) is 4.78. The van der Waals surface area contributed by atoms with Crippen LogP contribution in [0.25, 0.3) is 0 Å². The quantitative estimate of drug-likeness (QED) is 0.414. The topological polar surface area (TPSA) is 137 Å². The third kappa shape index (κ3) is 10.0. The van der Waals surface area contributed by atoms with Gasteiger partial charge in [0.15, 0.2) is 0 Å². The molecule has 0 radical (unpaired) electrons. The van der Waals surface area contributed by atoms with E-state index in [1.54, 1.807) is 36.1 Å². The Morgan fingerprint density at radius 1 is 0.857 bits per heavy atom. The van der Waals surface area contributed by atoms with Gasteiger partial charge in [-0.3, -0.25) is 24.0 Å². The van der Waals surface area contributed by atoms with E-state index < -0.39 is 35.8 Å². The van der Waals surface area contributed by atoms with Gasteiger partial charge in [-0.15, -0.1) is 0 Å². The monoisotopic (exact) mass is 577 g/mol. The van der Waals surface area contributed by atoms with Crippen LogP contribution in [0.4, 0.5) is 0 Å². The maximum absolute atomic E-state index is 13.6. The highest BCUT2D eigenvalue weighted by Gasteiger charge is 2.29. The fourth-order valence-electron chi connectivity index (χ4n) is 4.78. The lowest BCUT2D eigenvalue weighted by atomic mass is 10.0. The van der Waals surface area contributed by atoms with E-state index in [0.29, 0.717) is 44.5 Å². The molecule has 0 saturated heterocycles. The van der Waals surface area contributed by atoms with Crippen LogP contribution in [0.2, 0.25) is 0 Å². The van der Waals surface area contributed by atoms with Crippen molar-refractivity contribution in [2.24, 2.45) is 5.92 Å². The zero-order valence-electron chi connectivity index (χ0n) is 24.9. The van der Waals surface area contributed by atoms with E-state index >= 15 is 0 Å². The van der Waals surface area contributed by atoms with Crippen molar-refractivity contribution in [3.63, 3.8) is 0 Å². The Morgan fingerprint density at radius 2 is 1.52 bits per heavy atom. The van der Waals surface area contributed by atoms with E-state index in [1.165, 1.54) is 6.92 Å². The van der Waals surface area contributed by atoms with Gasteiger partial charge in [0.2, 0.25) is 23.6 Å². The van der Waals surface area contributed by atoms with Crippen LogP contribution in [-0.2, 0) is 32.1 Å². The molecular weight excluding hydrogens is 534 g/mol. The molecular formula is C32H43N5O5. The molecule has 0 spiro atoms. The number of hydrogen-bond acceptors (Lipinski definition) is 5. The van der Waals surface area contributed by atoms with Crippen LogP contribution in [0.3, 0.4) is 0 Å². The Kier molecular flexibility index (Phi) is 12.1. The Bertz CT molecular complexity index is 1230. The predicted molar refractivity (Wildman–Crippen MR) is 160 cm³/mol.